The standard InChI is InChI=1S/C32H47N5O4S.C24H19ClF2N6OS/c1-22(24-10-12-25(13-11-24)28-23(2)33-21-42-28)34-30(39)26-9-6-18-37(26)31(40)29(32(3,4)5)35-27(38)14-20-41-19-8-17-36-15-7-16-36;1-34-24-31-20-13(23(32-24)33-8-10-2-3-11(9-33)30-10)6-15(25)18(19(20)27)12-4-5-16(26)21-17(12)14(7-28)22(29)35-21/h10-13,21-22,26,29H,6-9,14-20H2,1-5H3,(H,34,39)(H,35,38);4-6,10-11,30H,2-3,8-9,29H2,1H3/t22-,26-,29+;/m0./s1. The number of halogens is 3. The van der Waals surface area contributed by atoms with E-state index in [1.54, 1.807) is 22.3 Å². The molecule has 0 spiro atoms. The molecule has 10 rings (SSSR count). The first kappa shape index (κ1) is 55.7. The molecule has 5 N–H and O–H groups in total. The van der Waals surface area contributed by atoms with E-state index in [9.17, 15) is 24.0 Å². The maximum Gasteiger partial charge on any atom is 0.318 e. The quantitative estimate of drug-likeness (QED) is 0.0669. The molecule has 3 aromatic heterocycles. The number of amides is 3. The van der Waals surface area contributed by atoms with Crippen LogP contribution in [0.5, 0.6) is 6.01 Å². The zero-order chi connectivity index (χ0) is 54.7. The van der Waals surface area contributed by atoms with Crippen LogP contribution in [0.2, 0.25) is 5.02 Å². The Morgan fingerprint density at radius 1 is 1.01 bits per heavy atom. The van der Waals surface area contributed by atoms with Gasteiger partial charge in [-0.05, 0) is 99.7 Å². The minimum absolute atomic E-state index is 0.0190. The average Bonchev–Trinajstić information content (AvgIpc) is 4.24. The summed E-state index contributed by atoms with van der Waals surface area (Å²) in [5.74, 6) is -1.27. The van der Waals surface area contributed by atoms with Gasteiger partial charge in [-0.2, -0.15) is 15.2 Å². The summed E-state index contributed by atoms with van der Waals surface area (Å²) in [5.41, 5.74) is 10.8. The van der Waals surface area contributed by atoms with E-state index in [-0.39, 0.29) is 78.5 Å². The van der Waals surface area contributed by atoms with Gasteiger partial charge in [0.1, 0.15) is 40.3 Å². The highest BCUT2D eigenvalue weighted by Crippen LogP contribution is 2.46. The summed E-state index contributed by atoms with van der Waals surface area (Å²) >= 11 is 9.23. The third-order valence-corrected chi connectivity index (χ3v) is 17.3. The van der Waals surface area contributed by atoms with Gasteiger partial charge in [0.2, 0.25) is 17.7 Å². The smallest absolute Gasteiger partial charge is 0.318 e. The number of piperazine rings is 1. The molecule has 3 aromatic carbocycles. The minimum atomic E-state index is -0.731. The zero-order valence-electron chi connectivity index (χ0n) is 44.3. The van der Waals surface area contributed by atoms with Crippen molar-refractivity contribution in [2.45, 2.75) is 110 Å². The molecule has 2 unspecified atom stereocenters. The van der Waals surface area contributed by atoms with Crippen LogP contribution < -0.4 is 31.3 Å². The van der Waals surface area contributed by atoms with E-state index in [0.717, 1.165) is 78.4 Å². The highest BCUT2D eigenvalue weighted by atomic mass is 35.5. The summed E-state index contributed by atoms with van der Waals surface area (Å²) in [6.07, 6.45) is 5.94. The van der Waals surface area contributed by atoms with Gasteiger partial charge in [-0.3, -0.25) is 14.4 Å². The number of nitrogens with two attached hydrogens (primary N) is 1. The largest absolute Gasteiger partial charge is 0.467 e. The average molecular weight is 1110 g/mol. The molecule has 77 heavy (non-hydrogen) atoms. The van der Waals surface area contributed by atoms with E-state index in [0.29, 0.717) is 49.5 Å². The van der Waals surface area contributed by atoms with Gasteiger partial charge in [0.05, 0.1) is 51.1 Å². The lowest BCUT2D eigenvalue weighted by Crippen LogP contribution is -2.57. The van der Waals surface area contributed by atoms with Crippen molar-refractivity contribution in [1.29, 1.82) is 5.26 Å². The second-order valence-corrected chi connectivity index (χ2v) is 23.7. The summed E-state index contributed by atoms with van der Waals surface area (Å²) in [4.78, 5) is 60.5. The van der Waals surface area contributed by atoms with Gasteiger partial charge in [0.15, 0.2) is 5.82 Å². The Morgan fingerprint density at radius 3 is 2.40 bits per heavy atom. The summed E-state index contributed by atoms with van der Waals surface area (Å²) in [6, 6.07) is 13.6. The number of nitriles is 1. The Balaban J connectivity index is 0.000000190. The monoisotopic (exact) mass is 1110 g/mol. The first-order valence-electron chi connectivity index (χ1n) is 26.3. The van der Waals surface area contributed by atoms with Crippen molar-refractivity contribution in [3.63, 3.8) is 0 Å². The second kappa shape index (κ2) is 23.9. The van der Waals surface area contributed by atoms with E-state index < -0.39 is 29.1 Å². The van der Waals surface area contributed by atoms with Gasteiger partial charge in [0.25, 0.3) is 0 Å². The van der Waals surface area contributed by atoms with Crippen molar-refractivity contribution in [2.75, 3.05) is 70.2 Å². The number of nitrogens with one attached hydrogen (secondary N) is 3. The van der Waals surface area contributed by atoms with Gasteiger partial charge < -0.3 is 45.9 Å². The maximum absolute atomic E-state index is 16.3. The van der Waals surface area contributed by atoms with E-state index >= 15 is 4.39 Å². The normalized spacial score (nSPS) is 19.1. The first-order chi connectivity index (χ1) is 36.9. The summed E-state index contributed by atoms with van der Waals surface area (Å²) in [6.45, 7) is 16.1. The third-order valence-electron chi connectivity index (χ3n) is 15.0. The fourth-order valence-corrected chi connectivity index (χ4v) is 12.8. The zero-order valence-corrected chi connectivity index (χ0v) is 46.7. The molecule has 16 nitrogen and oxygen atoms in total. The van der Waals surface area contributed by atoms with Crippen LogP contribution in [0.4, 0.5) is 19.6 Å². The van der Waals surface area contributed by atoms with Crippen LogP contribution in [0.3, 0.4) is 0 Å². The van der Waals surface area contributed by atoms with Crippen LogP contribution in [0.1, 0.15) is 95.5 Å². The van der Waals surface area contributed by atoms with Crippen molar-refractivity contribution >= 4 is 83.8 Å². The van der Waals surface area contributed by atoms with Crippen molar-refractivity contribution in [3.05, 3.63) is 81.5 Å². The second-order valence-electron chi connectivity index (χ2n) is 21.4. The molecular weight excluding hydrogens is 1040 g/mol. The van der Waals surface area contributed by atoms with Gasteiger partial charge in [-0.1, -0.05) is 62.7 Å². The van der Waals surface area contributed by atoms with Gasteiger partial charge in [-0.15, -0.1) is 22.7 Å². The van der Waals surface area contributed by atoms with E-state index in [1.807, 2.05) is 58.3 Å². The predicted octanol–water partition coefficient (Wildman–Crippen LogP) is 9.17. The number of aryl methyl sites for hydroxylation is 1. The van der Waals surface area contributed by atoms with Crippen molar-refractivity contribution in [1.82, 2.24) is 40.7 Å². The van der Waals surface area contributed by atoms with E-state index in [2.05, 4.69) is 52.8 Å². The summed E-state index contributed by atoms with van der Waals surface area (Å²) in [5, 5.41) is 20.2. The van der Waals surface area contributed by atoms with E-state index in [1.165, 1.54) is 38.8 Å². The van der Waals surface area contributed by atoms with Gasteiger partial charge in [-0.25, -0.2) is 13.8 Å². The molecule has 6 aromatic rings. The summed E-state index contributed by atoms with van der Waals surface area (Å²) in [7, 11) is 1.43. The number of thiophene rings is 1. The van der Waals surface area contributed by atoms with Gasteiger partial charge in [0, 0.05) is 67.6 Å². The number of thiazole rings is 1. The molecule has 3 amide bonds. The number of nitrogens with zero attached hydrogens (tertiary/aromatic N) is 7. The number of methoxy groups -OCH3 is 1. The number of hydrogen-bond donors (Lipinski definition) is 4. The molecule has 2 bridgehead atoms. The SMILES string of the molecule is COc1nc(N2CC3CCC(C2)N3)c2cc(Cl)c(-c3ccc(F)c4sc(N)c(C#N)c34)c(F)c2n1.Cc1ncsc1-c1ccc([C@H](C)NC(=O)[C@@H]2CCCN2C(=O)[C@@H](NC(=O)CCOCCCN2CCC2)C(C)(C)C)cc1. The number of likely N-dealkylation sites (tertiary alicyclic amines) is 2. The molecule has 7 heterocycles. The number of hydrogen-bond acceptors (Lipinski definition) is 15. The van der Waals surface area contributed by atoms with Crippen LogP contribution >= 0.6 is 34.3 Å². The van der Waals surface area contributed by atoms with Crippen LogP contribution in [0.25, 0.3) is 42.6 Å². The Morgan fingerprint density at radius 2 is 1.75 bits per heavy atom. The number of carbonyl (C=O) groups is 3. The number of anilines is 2. The van der Waals surface area contributed by atoms with Crippen molar-refractivity contribution in [2.24, 2.45) is 5.41 Å². The Hall–Kier alpha value is -6.08. The third kappa shape index (κ3) is 12.2. The number of aromatic nitrogens is 3. The molecule has 21 heteroatoms. The molecule has 4 aliphatic rings. The molecule has 4 saturated heterocycles. The molecule has 5 atom stereocenters. The number of benzene rings is 3. The molecular formula is C56H66ClF2N11O5S2. The van der Waals surface area contributed by atoms with Crippen LogP contribution in [-0.2, 0) is 19.1 Å². The molecule has 0 aliphatic carbocycles. The first-order valence-corrected chi connectivity index (χ1v) is 28.4. The van der Waals surface area contributed by atoms with Crippen LogP contribution in [0, 0.1) is 35.3 Å². The molecule has 0 radical (unpaired) electrons. The molecule has 0 saturated carbocycles. The lowest BCUT2D eigenvalue weighted by molar-refractivity contribution is -0.144. The highest BCUT2D eigenvalue weighted by molar-refractivity contribution is 7.23. The van der Waals surface area contributed by atoms with Crippen molar-refractivity contribution in [3.8, 4) is 33.6 Å². The fraction of sp³-hybridized carbons (Fsp3) is 0.482. The van der Waals surface area contributed by atoms with E-state index in [4.69, 9.17) is 26.8 Å². The fourth-order valence-electron chi connectivity index (χ4n) is 10.7. The molecule has 4 aliphatic heterocycles. The number of fused-ring (bicyclic) bond motifs is 4. The molecule has 408 valence electrons. The lowest BCUT2D eigenvalue weighted by Gasteiger charge is -2.35. The van der Waals surface area contributed by atoms with Gasteiger partial charge >= 0.3 is 6.01 Å². The van der Waals surface area contributed by atoms with Crippen LogP contribution in [-0.4, -0.2) is 126 Å². The Kier molecular flexibility index (Phi) is 17.3. The highest BCUT2D eigenvalue weighted by Gasteiger charge is 2.42. The number of ether oxygens (including phenoxy) is 2. The minimum Gasteiger partial charge on any atom is -0.467 e. The lowest BCUT2D eigenvalue weighted by atomic mass is 9.85. The Bertz CT molecular complexity index is 3180. The van der Waals surface area contributed by atoms with Crippen LogP contribution in [0.15, 0.2) is 48.0 Å². The predicted molar refractivity (Wildman–Crippen MR) is 299 cm³/mol. The number of nitrogen functional groups attached to an aromatic ring is 1. The Labute approximate surface area is 460 Å². The molecule has 4 fully saturated rings. The summed E-state index contributed by atoms with van der Waals surface area (Å²) < 4.78 is 42.0. The van der Waals surface area contributed by atoms with Crippen molar-refractivity contribution < 1.29 is 32.6 Å². The number of carbonyl (C=O) groups excluding carboxylic acids is 3. The maximum atomic E-state index is 16.3. The number of rotatable bonds is 16. The topological polar surface area (TPSA) is 204 Å².